The van der Waals surface area contributed by atoms with Crippen molar-refractivity contribution >= 4 is 15.9 Å². The first-order valence-electron chi connectivity index (χ1n) is 4.84. The van der Waals surface area contributed by atoms with E-state index in [2.05, 4.69) is 15.9 Å². The Labute approximate surface area is 91.8 Å². The molecule has 0 aliphatic heterocycles. The Morgan fingerprint density at radius 2 is 1.57 bits per heavy atom. The zero-order valence-corrected chi connectivity index (χ0v) is 10.2. The van der Waals surface area contributed by atoms with Crippen LogP contribution in [0.25, 0.3) is 0 Å². The number of hydrogen-bond donors (Lipinski definition) is 0. The van der Waals surface area contributed by atoms with E-state index in [1.54, 1.807) is 0 Å². The van der Waals surface area contributed by atoms with Crippen molar-refractivity contribution in [1.82, 2.24) is 4.90 Å². The molecule has 0 rings (SSSR count). The quantitative estimate of drug-likeness (QED) is 0.672. The van der Waals surface area contributed by atoms with E-state index in [1.165, 1.54) is 0 Å². The highest BCUT2D eigenvalue weighted by Gasteiger charge is 2.38. The maximum absolute atomic E-state index is 12.2. The highest BCUT2D eigenvalue weighted by atomic mass is 79.9. The van der Waals surface area contributed by atoms with Gasteiger partial charge in [-0.3, -0.25) is 0 Å². The third kappa shape index (κ3) is 5.86. The van der Waals surface area contributed by atoms with E-state index in [-0.39, 0.29) is 6.54 Å². The summed E-state index contributed by atoms with van der Waals surface area (Å²) in [5.41, 5.74) is 0. The first kappa shape index (κ1) is 14.2. The van der Waals surface area contributed by atoms with Gasteiger partial charge >= 0.3 is 6.18 Å². The molecule has 5 heteroatoms. The molecule has 0 saturated carbocycles. The molecule has 0 aliphatic rings. The first-order chi connectivity index (χ1) is 6.41. The summed E-state index contributed by atoms with van der Waals surface area (Å²) in [6, 6.07) is 0. The summed E-state index contributed by atoms with van der Waals surface area (Å²) in [5.74, 6) is 0. The van der Waals surface area contributed by atoms with Gasteiger partial charge in [0, 0.05) is 6.54 Å². The summed E-state index contributed by atoms with van der Waals surface area (Å²) in [5, 5.41) is 0. The Morgan fingerprint density at radius 1 is 1.14 bits per heavy atom. The maximum atomic E-state index is 12.2. The molecule has 0 radical (unpaired) electrons. The molecule has 1 atom stereocenters. The summed E-state index contributed by atoms with van der Waals surface area (Å²) in [7, 11) is 0. The van der Waals surface area contributed by atoms with Crippen molar-refractivity contribution in [2.75, 3.05) is 19.6 Å². The van der Waals surface area contributed by atoms with Crippen LogP contribution in [0.15, 0.2) is 0 Å². The predicted molar refractivity (Wildman–Crippen MR) is 55.8 cm³/mol. The predicted octanol–water partition coefficient (Wildman–Crippen LogP) is 3.43. The monoisotopic (exact) mass is 275 g/mol. The molecule has 0 fully saturated rings. The van der Waals surface area contributed by atoms with Crippen molar-refractivity contribution in [2.24, 2.45) is 0 Å². The van der Waals surface area contributed by atoms with Gasteiger partial charge in [-0.2, -0.15) is 13.2 Å². The third-order valence-corrected chi connectivity index (χ3v) is 2.66. The van der Waals surface area contributed by atoms with Gasteiger partial charge in [0.1, 0.15) is 4.83 Å². The van der Waals surface area contributed by atoms with Gasteiger partial charge < -0.3 is 4.90 Å². The average molecular weight is 276 g/mol. The lowest BCUT2D eigenvalue weighted by Crippen LogP contribution is -2.38. The molecule has 0 aromatic rings. The first-order valence-corrected chi connectivity index (χ1v) is 5.76. The highest BCUT2D eigenvalue weighted by Crippen LogP contribution is 2.27. The minimum Gasteiger partial charge on any atom is -0.302 e. The topological polar surface area (TPSA) is 3.24 Å². The number of hydrogen-bond acceptors (Lipinski definition) is 1. The smallest absolute Gasteiger partial charge is 0.302 e. The van der Waals surface area contributed by atoms with Crippen LogP contribution >= 0.6 is 15.9 Å². The molecule has 1 unspecified atom stereocenters. The van der Waals surface area contributed by atoms with Gasteiger partial charge in [0.2, 0.25) is 0 Å². The molecule has 0 bridgehead atoms. The van der Waals surface area contributed by atoms with Crippen LogP contribution in [0.4, 0.5) is 13.2 Å². The molecule has 0 amide bonds. The molecule has 0 spiro atoms. The molecule has 0 heterocycles. The molecule has 86 valence electrons. The van der Waals surface area contributed by atoms with Crippen LogP contribution < -0.4 is 0 Å². The summed E-state index contributed by atoms with van der Waals surface area (Å²) >= 11 is 2.67. The molecule has 0 aromatic carbocycles. The fourth-order valence-corrected chi connectivity index (χ4v) is 1.67. The van der Waals surface area contributed by atoms with Gasteiger partial charge in [0.15, 0.2) is 0 Å². The molecular weight excluding hydrogens is 259 g/mol. The molecule has 1 nitrogen and oxygen atoms in total. The molecule has 0 aliphatic carbocycles. The minimum absolute atomic E-state index is 0.0468. The normalized spacial score (nSPS) is 14.8. The average Bonchev–Trinajstić information content (AvgIpc) is 2.03. The summed E-state index contributed by atoms with van der Waals surface area (Å²) in [6.45, 7) is 5.45. The Balaban J connectivity index is 4.01. The van der Waals surface area contributed by atoms with Gasteiger partial charge in [-0.05, 0) is 25.9 Å². The molecule has 0 N–H and O–H groups in total. The van der Waals surface area contributed by atoms with Crippen molar-refractivity contribution in [3.63, 3.8) is 0 Å². The second kappa shape index (κ2) is 6.67. The van der Waals surface area contributed by atoms with Gasteiger partial charge in [-0.25, -0.2) is 0 Å². The number of halogens is 4. The zero-order valence-electron chi connectivity index (χ0n) is 8.57. The van der Waals surface area contributed by atoms with Crippen LogP contribution in [0.3, 0.4) is 0 Å². The van der Waals surface area contributed by atoms with E-state index < -0.39 is 11.0 Å². The second-order valence-corrected chi connectivity index (χ2v) is 4.42. The molecule has 0 aromatic heterocycles. The summed E-state index contributed by atoms with van der Waals surface area (Å²) < 4.78 is 36.6. The Hall–Kier alpha value is 0.230. The van der Waals surface area contributed by atoms with E-state index in [0.29, 0.717) is 0 Å². The lowest BCUT2D eigenvalue weighted by molar-refractivity contribution is -0.130. The molecule has 0 saturated heterocycles. The lowest BCUT2D eigenvalue weighted by atomic mass is 10.3. The highest BCUT2D eigenvalue weighted by molar-refractivity contribution is 9.09. The van der Waals surface area contributed by atoms with Crippen LogP contribution in [0, 0.1) is 0 Å². The van der Waals surface area contributed by atoms with Gasteiger partial charge in [-0.15, -0.1) is 0 Å². The van der Waals surface area contributed by atoms with Crippen molar-refractivity contribution in [3.05, 3.63) is 0 Å². The van der Waals surface area contributed by atoms with Crippen molar-refractivity contribution in [3.8, 4) is 0 Å². The summed E-state index contributed by atoms with van der Waals surface area (Å²) in [6.07, 6.45) is -2.37. The lowest BCUT2D eigenvalue weighted by Gasteiger charge is -2.25. The van der Waals surface area contributed by atoms with E-state index in [4.69, 9.17) is 0 Å². The van der Waals surface area contributed by atoms with E-state index in [1.807, 2.05) is 18.7 Å². The molecule has 14 heavy (non-hydrogen) atoms. The van der Waals surface area contributed by atoms with Crippen LogP contribution in [0.1, 0.15) is 26.7 Å². The Bertz CT molecular complexity index is 143. The van der Waals surface area contributed by atoms with Crippen LogP contribution in [0.2, 0.25) is 0 Å². The van der Waals surface area contributed by atoms with Gasteiger partial charge in [-0.1, -0.05) is 29.8 Å². The largest absolute Gasteiger partial charge is 0.402 e. The van der Waals surface area contributed by atoms with Gasteiger partial charge in [0.05, 0.1) is 0 Å². The number of rotatable bonds is 6. The van der Waals surface area contributed by atoms with Gasteiger partial charge in [0.25, 0.3) is 0 Å². The van der Waals surface area contributed by atoms with Crippen molar-refractivity contribution in [1.29, 1.82) is 0 Å². The van der Waals surface area contributed by atoms with Crippen LogP contribution in [-0.2, 0) is 0 Å². The fourth-order valence-electron chi connectivity index (χ4n) is 1.26. The van der Waals surface area contributed by atoms with Crippen molar-refractivity contribution in [2.45, 2.75) is 37.7 Å². The number of nitrogens with zero attached hydrogens (tertiary/aromatic N) is 1. The Morgan fingerprint density at radius 3 is 1.86 bits per heavy atom. The van der Waals surface area contributed by atoms with E-state index in [0.717, 1.165) is 25.9 Å². The minimum atomic E-state index is -4.14. The fraction of sp³-hybridized carbons (Fsp3) is 1.00. The van der Waals surface area contributed by atoms with E-state index in [9.17, 15) is 13.2 Å². The van der Waals surface area contributed by atoms with Crippen molar-refractivity contribution < 1.29 is 13.2 Å². The van der Waals surface area contributed by atoms with Crippen LogP contribution in [-0.4, -0.2) is 35.5 Å². The summed E-state index contributed by atoms with van der Waals surface area (Å²) in [4.78, 5) is 0.431. The zero-order chi connectivity index (χ0) is 11.2. The molecular formula is C9H17BrF3N. The Kier molecular flexibility index (Phi) is 6.78. The second-order valence-electron chi connectivity index (χ2n) is 3.31. The maximum Gasteiger partial charge on any atom is 0.402 e. The SMILES string of the molecule is CCCN(CCC)CC(Br)C(F)(F)F. The van der Waals surface area contributed by atoms with Crippen LogP contribution in [0.5, 0.6) is 0 Å². The van der Waals surface area contributed by atoms with E-state index >= 15 is 0 Å². The number of alkyl halides is 4. The third-order valence-electron chi connectivity index (χ3n) is 1.85. The standard InChI is InChI=1S/C9H17BrF3N/c1-3-5-14(6-4-2)7-8(10)9(11,12)13/h8H,3-7H2,1-2H3.